The lowest BCUT2D eigenvalue weighted by Gasteiger charge is -2.35. The molecule has 0 aliphatic carbocycles. The van der Waals surface area contributed by atoms with E-state index >= 15 is 0 Å². The maximum Gasteiger partial charge on any atom is 0.253 e. The van der Waals surface area contributed by atoms with Crippen LogP contribution >= 0.6 is 0 Å². The van der Waals surface area contributed by atoms with Crippen molar-refractivity contribution in [2.75, 3.05) is 38.2 Å². The van der Waals surface area contributed by atoms with Crippen LogP contribution in [0.1, 0.15) is 16.2 Å². The molecule has 4 aromatic rings. The number of aromatic nitrogens is 4. The molecule has 1 aliphatic rings. The highest BCUT2D eigenvalue weighted by atomic mass is 16.5. The fraction of sp³-hybridized carbons (Fsp3) is 0.240. The molecule has 0 spiro atoms. The summed E-state index contributed by atoms with van der Waals surface area (Å²) in [5.41, 5.74) is 3.24. The summed E-state index contributed by atoms with van der Waals surface area (Å²) in [6, 6.07) is 19.0. The van der Waals surface area contributed by atoms with Gasteiger partial charge >= 0.3 is 0 Å². The molecule has 0 atom stereocenters. The van der Waals surface area contributed by atoms with Crippen molar-refractivity contribution in [2.24, 2.45) is 0 Å². The number of nitrogens with zero attached hydrogens (tertiary/aromatic N) is 6. The highest BCUT2D eigenvalue weighted by molar-refractivity contribution is 5.94. The van der Waals surface area contributed by atoms with Crippen LogP contribution in [0.2, 0.25) is 0 Å². The van der Waals surface area contributed by atoms with E-state index in [9.17, 15) is 4.79 Å². The van der Waals surface area contributed by atoms with Crippen molar-refractivity contribution in [2.45, 2.75) is 6.92 Å². The predicted octanol–water partition coefficient (Wildman–Crippen LogP) is 3.47. The van der Waals surface area contributed by atoms with Gasteiger partial charge in [0.25, 0.3) is 5.91 Å². The standard InChI is InChI=1S/C25H24N6O3/c1-17-26-24(29-34-17)19-3-5-20(6-4-19)25(32)31-15-13-30(14-16-31)23-12-11-22(27-28-23)18-7-9-21(33-2)10-8-18/h3-12H,13-16H2,1-2H3. The van der Waals surface area contributed by atoms with Crippen molar-refractivity contribution in [3.05, 3.63) is 72.1 Å². The lowest BCUT2D eigenvalue weighted by Crippen LogP contribution is -2.49. The number of aryl methyl sites for hydroxylation is 1. The van der Waals surface area contributed by atoms with Crippen LogP contribution in [0.3, 0.4) is 0 Å². The third-order valence-electron chi connectivity index (χ3n) is 5.84. The SMILES string of the molecule is COc1ccc(-c2ccc(N3CCN(C(=O)c4ccc(-c5noc(C)n5)cc4)CC3)nn2)cc1. The van der Waals surface area contributed by atoms with Gasteiger partial charge in [0.05, 0.1) is 12.8 Å². The number of hydrogen-bond acceptors (Lipinski definition) is 8. The molecule has 1 saturated heterocycles. The number of piperazine rings is 1. The first kappa shape index (κ1) is 21.6. The number of carbonyl (C=O) groups is 1. The zero-order chi connectivity index (χ0) is 23.5. The second kappa shape index (κ2) is 9.30. The first-order valence-electron chi connectivity index (χ1n) is 11.0. The number of carbonyl (C=O) groups excluding carboxylic acids is 1. The Morgan fingerprint density at radius 1 is 0.882 bits per heavy atom. The van der Waals surface area contributed by atoms with Crippen molar-refractivity contribution >= 4 is 11.7 Å². The summed E-state index contributed by atoms with van der Waals surface area (Å²) in [4.78, 5) is 21.2. The van der Waals surface area contributed by atoms with Gasteiger partial charge in [-0.3, -0.25) is 4.79 Å². The highest BCUT2D eigenvalue weighted by Crippen LogP contribution is 2.23. The van der Waals surface area contributed by atoms with E-state index in [4.69, 9.17) is 9.26 Å². The van der Waals surface area contributed by atoms with E-state index in [1.165, 1.54) is 0 Å². The molecule has 5 rings (SSSR count). The molecule has 9 nitrogen and oxygen atoms in total. The molecule has 1 fully saturated rings. The lowest BCUT2D eigenvalue weighted by atomic mass is 10.1. The summed E-state index contributed by atoms with van der Waals surface area (Å²) >= 11 is 0. The Balaban J connectivity index is 1.19. The monoisotopic (exact) mass is 456 g/mol. The normalized spacial score (nSPS) is 13.7. The first-order valence-corrected chi connectivity index (χ1v) is 11.0. The first-order chi connectivity index (χ1) is 16.6. The summed E-state index contributed by atoms with van der Waals surface area (Å²) in [5.74, 6) is 2.65. The number of amides is 1. The zero-order valence-corrected chi connectivity index (χ0v) is 19.0. The molecule has 0 saturated carbocycles. The van der Waals surface area contributed by atoms with Gasteiger partial charge in [0.1, 0.15) is 5.75 Å². The van der Waals surface area contributed by atoms with Crippen LogP contribution in [0.15, 0.2) is 65.2 Å². The van der Waals surface area contributed by atoms with E-state index < -0.39 is 0 Å². The third kappa shape index (κ3) is 4.45. The Labute approximate surface area is 197 Å². The number of benzene rings is 2. The topological polar surface area (TPSA) is 97.5 Å². The Bertz CT molecular complexity index is 1260. The van der Waals surface area contributed by atoms with E-state index in [1.807, 2.05) is 53.4 Å². The summed E-state index contributed by atoms with van der Waals surface area (Å²) in [6.07, 6.45) is 0. The predicted molar refractivity (Wildman–Crippen MR) is 127 cm³/mol. The van der Waals surface area contributed by atoms with Gasteiger partial charge in [-0.25, -0.2) is 0 Å². The molecule has 2 aromatic heterocycles. The van der Waals surface area contributed by atoms with Crippen molar-refractivity contribution in [3.63, 3.8) is 0 Å². The minimum Gasteiger partial charge on any atom is -0.497 e. The molecule has 0 radical (unpaired) electrons. The highest BCUT2D eigenvalue weighted by Gasteiger charge is 2.23. The number of anilines is 1. The Morgan fingerprint density at radius 2 is 1.59 bits per heavy atom. The molecule has 0 unspecified atom stereocenters. The summed E-state index contributed by atoms with van der Waals surface area (Å²) in [7, 11) is 1.64. The summed E-state index contributed by atoms with van der Waals surface area (Å²) < 4.78 is 10.2. The maximum atomic E-state index is 13.0. The molecule has 2 aromatic carbocycles. The van der Waals surface area contributed by atoms with Crippen LogP contribution in [-0.4, -0.2) is 64.4 Å². The lowest BCUT2D eigenvalue weighted by molar-refractivity contribution is 0.0746. The van der Waals surface area contributed by atoms with Crippen LogP contribution in [0.5, 0.6) is 5.75 Å². The Morgan fingerprint density at radius 3 is 2.18 bits per heavy atom. The van der Waals surface area contributed by atoms with Gasteiger partial charge in [-0.05, 0) is 48.5 Å². The largest absolute Gasteiger partial charge is 0.497 e. The Hall–Kier alpha value is -4.27. The van der Waals surface area contributed by atoms with Crippen molar-refractivity contribution in [1.82, 2.24) is 25.2 Å². The molecule has 0 N–H and O–H groups in total. The van der Waals surface area contributed by atoms with Gasteiger partial charge in [0, 0.05) is 49.8 Å². The summed E-state index contributed by atoms with van der Waals surface area (Å²) in [5, 5.41) is 12.7. The van der Waals surface area contributed by atoms with Crippen LogP contribution in [0.25, 0.3) is 22.6 Å². The zero-order valence-electron chi connectivity index (χ0n) is 19.0. The molecular weight excluding hydrogens is 432 g/mol. The molecule has 1 aliphatic heterocycles. The van der Waals surface area contributed by atoms with Gasteiger partial charge in [-0.15, -0.1) is 10.2 Å². The van der Waals surface area contributed by atoms with Gasteiger partial charge in [-0.1, -0.05) is 17.3 Å². The minimum atomic E-state index is 0.0106. The average molecular weight is 457 g/mol. The van der Waals surface area contributed by atoms with Crippen LogP contribution < -0.4 is 9.64 Å². The minimum absolute atomic E-state index is 0.0106. The van der Waals surface area contributed by atoms with Crippen molar-refractivity contribution in [3.8, 4) is 28.4 Å². The smallest absolute Gasteiger partial charge is 0.253 e. The molecule has 9 heteroatoms. The maximum absolute atomic E-state index is 13.0. The van der Waals surface area contributed by atoms with Gasteiger partial charge < -0.3 is 19.1 Å². The van der Waals surface area contributed by atoms with E-state index in [0.717, 1.165) is 28.4 Å². The molecule has 34 heavy (non-hydrogen) atoms. The second-order valence-electron chi connectivity index (χ2n) is 8.00. The number of methoxy groups -OCH3 is 1. The molecule has 172 valence electrons. The number of rotatable bonds is 5. The second-order valence-corrected chi connectivity index (χ2v) is 8.00. The molecule has 3 heterocycles. The summed E-state index contributed by atoms with van der Waals surface area (Å²) in [6.45, 7) is 4.37. The van der Waals surface area contributed by atoms with E-state index in [0.29, 0.717) is 43.5 Å². The third-order valence-corrected chi connectivity index (χ3v) is 5.84. The molecule has 1 amide bonds. The Kier molecular flexibility index (Phi) is 5.90. The van der Waals surface area contributed by atoms with Crippen molar-refractivity contribution in [1.29, 1.82) is 0 Å². The van der Waals surface area contributed by atoms with Crippen LogP contribution in [0, 0.1) is 6.92 Å². The number of ether oxygens (including phenoxy) is 1. The molecule has 0 bridgehead atoms. The van der Waals surface area contributed by atoms with Crippen molar-refractivity contribution < 1.29 is 14.1 Å². The average Bonchev–Trinajstić information content (AvgIpc) is 3.35. The fourth-order valence-corrected chi connectivity index (χ4v) is 3.91. The van der Waals surface area contributed by atoms with Gasteiger partial charge in [0.2, 0.25) is 11.7 Å². The van der Waals surface area contributed by atoms with Crippen LogP contribution in [-0.2, 0) is 0 Å². The van der Waals surface area contributed by atoms with E-state index in [1.54, 1.807) is 26.2 Å². The van der Waals surface area contributed by atoms with Crippen LogP contribution in [0.4, 0.5) is 5.82 Å². The van der Waals surface area contributed by atoms with Gasteiger partial charge in [-0.2, -0.15) is 4.98 Å². The fourth-order valence-electron chi connectivity index (χ4n) is 3.91. The van der Waals surface area contributed by atoms with E-state index in [-0.39, 0.29) is 5.91 Å². The number of hydrogen-bond donors (Lipinski definition) is 0. The quantitative estimate of drug-likeness (QED) is 0.450. The molecular formula is C25H24N6O3. The van der Waals surface area contributed by atoms with E-state index in [2.05, 4.69) is 25.2 Å². The van der Waals surface area contributed by atoms with Gasteiger partial charge in [0.15, 0.2) is 5.82 Å².